The second-order valence-corrected chi connectivity index (χ2v) is 17.2. The van der Waals surface area contributed by atoms with Crippen molar-refractivity contribution in [1.82, 2.24) is 9.80 Å². The van der Waals surface area contributed by atoms with E-state index in [1.54, 1.807) is 25.4 Å². The molecule has 17 heteroatoms. The van der Waals surface area contributed by atoms with Gasteiger partial charge in [0.2, 0.25) is 0 Å². The number of carboxylic acids is 3. The number of aliphatic carboxylic acids is 3. The van der Waals surface area contributed by atoms with Gasteiger partial charge >= 0.3 is 17.9 Å². The number of carbonyl (C=O) groups is 4. The van der Waals surface area contributed by atoms with E-state index in [2.05, 4.69) is 26.9 Å². The number of piperidine rings is 1. The van der Waals surface area contributed by atoms with Crippen LogP contribution in [0.4, 0.5) is 0 Å². The van der Waals surface area contributed by atoms with E-state index in [0.29, 0.717) is 44.0 Å². The zero-order valence-electron chi connectivity index (χ0n) is 33.0. The first-order valence-corrected chi connectivity index (χ1v) is 21.6. The number of likely N-dealkylation sites (tertiary alicyclic amines) is 1. The normalized spacial score (nSPS) is 14.5. The number of rotatable bonds is 16. The number of carbonyl (C=O) groups excluding carboxylic acids is 1. The average molecular weight is 939 g/mol. The first-order valence-electron chi connectivity index (χ1n) is 18.5. The molecule has 1 aliphatic heterocycles. The molecule has 59 heavy (non-hydrogen) atoms. The molecule has 1 fully saturated rings. The molecule has 1 unspecified atom stereocenters. The third-order valence-corrected chi connectivity index (χ3v) is 12.7. The van der Waals surface area contributed by atoms with Crippen molar-refractivity contribution in [3.8, 4) is 11.5 Å². The van der Waals surface area contributed by atoms with E-state index in [1.807, 2.05) is 67.7 Å². The number of likely N-dealkylation sites (N-methyl/N-ethyl adjacent to an activating group) is 1. The minimum Gasteiger partial charge on any atom is -0.612 e. The Labute approximate surface area is 364 Å². The fraction of sp³-hybridized carbons (Fsp3) is 0.381. The van der Waals surface area contributed by atoms with Gasteiger partial charge in [-0.3, -0.25) is 14.4 Å². The van der Waals surface area contributed by atoms with Crippen molar-refractivity contribution < 1.29 is 53.6 Å². The Balaban J connectivity index is 0.000000509. The van der Waals surface area contributed by atoms with Gasteiger partial charge in [0.1, 0.15) is 22.2 Å². The molecule has 2 atom stereocenters. The predicted molar refractivity (Wildman–Crippen MR) is 230 cm³/mol. The SMILES string of the molecule is COc1c(Br)c(OC)c2ccccc2c1C(=O)N(C)CC(CCN1CCC(c2ccccc2[S@+](C)[O-])CC1)c1ccc(Cl)c(Cl)c1.O=C(O)CC(O)(CC(=O)O)C(=O)O. The fourth-order valence-electron chi connectivity index (χ4n) is 7.29. The predicted octanol–water partition coefficient (Wildman–Crippen LogP) is 7.54. The summed E-state index contributed by atoms with van der Waals surface area (Å²) < 4.78 is 24.4. The van der Waals surface area contributed by atoms with Crippen LogP contribution >= 0.6 is 39.1 Å². The number of ether oxygens (including phenoxy) is 2. The number of hydrogen-bond acceptors (Lipinski definition) is 9. The number of carboxylic acid groups (broad SMARTS) is 3. The summed E-state index contributed by atoms with van der Waals surface area (Å²) in [6.45, 7) is 3.27. The van der Waals surface area contributed by atoms with Crippen LogP contribution in [0.25, 0.3) is 10.8 Å². The minimum atomic E-state index is -2.74. The molecule has 4 aromatic rings. The van der Waals surface area contributed by atoms with Crippen molar-refractivity contribution in [1.29, 1.82) is 0 Å². The van der Waals surface area contributed by atoms with Gasteiger partial charge in [0, 0.05) is 35.8 Å². The van der Waals surface area contributed by atoms with E-state index < -0.39 is 47.5 Å². The van der Waals surface area contributed by atoms with Crippen LogP contribution in [0, 0.1) is 0 Å². The number of amides is 1. The minimum absolute atomic E-state index is 0.0172. The smallest absolute Gasteiger partial charge is 0.336 e. The molecule has 0 aromatic heterocycles. The number of aliphatic hydroxyl groups is 1. The number of halogens is 3. The molecule has 1 aliphatic rings. The Hall–Kier alpha value is -4.09. The van der Waals surface area contributed by atoms with E-state index in [0.717, 1.165) is 60.1 Å². The number of fused-ring (bicyclic) bond motifs is 1. The van der Waals surface area contributed by atoms with E-state index in [9.17, 15) is 23.7 Å². The van der Waals surface area contributed by atoms with E-state index in [4.69, 9.17) is 53.1 Å². The standard InChI is InChI=1S/C36H39BrCl2N2O4S.C6H8O7/c1-40(36(42)32-27-10-5-6-11-28(27)34(44-2)33(37)35(32)45-3)22-25(24-13-14-29(38)30(39)21-24)17-20-41-18-15-23(16-19-41)26-9-7-8-12-31(26)46(4)43;7-3(8)1-6(13,5(11)12)2-4(9)10/h5-14,21,23,25H,15-20,22H2,1-4H3;13H,1-2H2,(H,7,8)(H,9,10)(H,11,12)/t25?,46-;/m0./s1. The topological polar surface area (TPSA) is 197 Å². The van der Waals surface area contributed by atoms with Gasteiger partial charge in [0.15, 0.2) is 10.5 Å². The lowest BCUT2D eigenvalue weighted by atomic mass is 9.88. The van der Waals surface area contributed by atoms with E-state index in [-0.39, 0.29) is 11.8 Å². The van der Waals surface area contributed by atoms with Crippen molar-refractivity contribution in [3.05, 3.63) is 97.9 Å². The summed E-state index contributed by atoms with van der Waals surface area (Å²) >= 11 is 15.4. The molecule has 0 aliphatic carbocycles. The van der Waals surface area contributed by atoms with E-state index >= 15 is 0 Å². The number of methoxy groups -OCH3 is 2. The highest BCUT2D eigenvalue weighted by atomic mass is 79.9. The number of benzene rings is 4. The Bertz CT molecular complexity index is 2130. The lowest BCUT2D eigenvalue weighted by Crippen LogP contribution is -2.42. The molecule has 13 nitrogen and oxygen atoms in total. The molecule has 0 saturated carbocycles. The summed E-state index contributed by atoms with van der Waals surface area (Å²) in [6, 6.07) is 21.6. The second kappa shape index (κ2) is 21.4. The van der Waals surface area contributed by atoms with Crippen LogP contribution in [0.2, 0.25) is 10.0 Å². The molecule has 1 saturated heterocycles. The third-order valence-electron chi connectivity index (χ3n) is 10.3. The van der Waals surface area contributed by atoms with E-state index in [1.165, 1.54) is 5.56 Å². The van der Waals surface area contributed by atoms with Crippen molar-refractivity contribution in [2.75, 3.05) is 53.7 Å². The van der Waals surface area contributed by atoms with Gasteiger partial charge < -0.3 is 44.3 Å². The Morgan fingerprint density at radius 2 is 1.49 bits per heavy atom. The first-order chi connectivity index (χ1) is 27.9. The summed E-state index contributed by atoms with van der Waals surface area (Å²) in [4.78, 5) is 49.9. The van der Waals surface area contributed by atoms with Crippen molar-refractivity contribution in [2.24, 2.45) is 0 Å². The molecule has 4 aromatic carbocycles. The van der Waals surface area contributed by atoms with Crippen LogP contribution in [0.3, 0.4) is 0 Å². The molecular weight excluding hydrogens is 891 g/mol. The maximum atomic E-state index is 14.2. The molecule has 0 bridgehead atoms. The zero-order valence-corrected chi connectivity index (χ0v) is 36.9. The van der Waals surface area contributed by atoms with Gasteiger partial charge in [-0.05, 0) is 95.7 Å². The van der Waals surface area contributed by atoms with Crippen molar-refractivity contribution in [3.63, 3.8) is 0 Å². The molecule has 1 heterocycles. The maximum absolute atomic E-state index is 14.2. The quantitative estimate of drug-likeness (QED) is 0.0807. The van der Waals surface area contributed by atoms with Gasteiger partial charge in [-0.2, -0.15) is 0 Å². The largest absolute Gasteiger partial charge is 0.612 e. The molecule has 5 rings (SSSR count). The number of hydrogen-bond donors (Lipinski definition) is 4. The van der Waals surface area contributed by atoms with Crippen LogP contribution in [0.1, 0.15) is 65.4 Å². The Morgan fingerprint density at radius 1 is 0.915 bits per heavy atom. The Morgan fingerprint density at radius 3 is 2.03 bits per heavy atom. The fourth-order valence-corrected chi connectivity index (χ4v) is 9.17. The summed E-state index contributed by atoms with van der Waals surface area (Å²) in [5.41, 5.74) is -0.00465. The summed E-state index contributed by atoms with van der Waals surface area (Å²) in [6.07, 6.45) is 2.33. The summed E-state index contributed by atoms with van der Waals surface area (Å²) in [5.74, 6) is -3.68. The van der Waals surface area contributed by atoms with Gasteiger partial charge in [0.05, 0.1) is 42.7 Å². The lowest BCUT2D eigenvalue weighted by Gasteiger charge is -2.34. The molecular formula is C42H47BrCl2N2O11S. The van der Waals surface area contributed by atoms with Gasteiger partial charge in [-0.25, -0.2) is 4.79 Å². The highest BCUT2D eigenvalue weighted by Gasteiger charge is 2.41. The van der Waals surface area contributed by atoms with Gasteiger partial charge in [0.25, 0.3) is 5.91 Å². The Kier molecular flexibility index (Phi) is 17.3. The maximum Gasteiger partial charge on any atom is 0.336 e. The van der Waals surface area contributed by atoms with Crippen LogP contribution < -0.4 is 9.47 Å². The molecule has 1 amide bonds. The molecule has 0 radical (unpaired) electrons. The highest BCUT2D eigenvalue weighted by molar-refractivity contribution is 9.10. The summed E-state index contributed by atoms with van der Waals surface area (Å²) in [7, 11) is 5.00. The van der Waals surface area contributed by atoms with Crippen LogP contribution in [0.15, 0.2) is 76.1 Å². The van der Waals surface area contributed by atoms with Gasteiger partial charge in [-0.15, -0.1) is 0 Å². The molecule has 318 valence electrons. The van der Waals surface area contributed by atoms with Crippen LogP contribution in [-0.2, 0) is 25.6 Å². The molecule has 0 spiro atoms. The first kappa shape index (κ1) is 47.6. The van der Waals surface area contributed by atoms with Crippen LogP contribution in [-0.4, -0.2) is 118 Å². The third kappa shape index (κ3) is 12.0. The monoisotopic (exact) mass is 936 g/mol. The average Bonchev–Trinajstić information content (AvgIpc) is 3.19. The number of nitrogens with zero attached hydrogens (tertiary/aromatic N) is 2. The molecule has 4 N–H and O–H groups in total. The highest BCUT2D eigenvalue weighted by Crippen LogP contribution is 2.45. The van der Waals surface area contributed by atoms with Crippen LogP contribution in [0.5, 0.6) is 11.5 Å². The summed E-state index contributed by atoms with van der Waals surface area (Å²) in [5, 5.41) is 36.4. The van der Waals surface area contributed by atoms with Crippen molar-refractivity contribution in [2.45, 2.75) is 54.4 Å². The van der Waals surface area contributed by atoms with Gasteiger partial charge in [-0.1, -0.05) is 71.7 Å². The second-order valence-electron chi connectivity index (χ2n) is 14.2. The van der Waals surface area contributed by atoms with Crippen molar-refractivity contribution >= 4 is 84.9 Å². The lowest BCUT2D eigenvalue weighted by molar-refractivity contribution is -0.170. The zero-order chi connectivity index (χ0) is 43.6.